The quantitative estimate of drug-likeness (QED) is 0.687. The topological polar surface area (TPSA) is 0 Å². The van der Waals surface area contributed by atoms with E-state index in [2.05, 4.69) is 15.9 Å². The summed E-state index contributed by atoms with van der Waals surface area (Å²) in [5.74, 6) is -0.122. The van der Waals surface area contributed by atoms with Crippen molar-refractivity contribution >= 4 is 15.9 Å². The molecule has 0 radical (unpaired) electrons. The van der Waals surface area contributed by atoms with Gasteiger partial charge in [-0.3, -0.25) is 0 Å². The van der Waals surface area contributed by atoms with Gasteiger partial charge in [-0.1, -0.05) is 41.3 Å². The predicted octanol–water partition coefficient (Wildman–Crippen LogP) is 5.02. The SMILES string of the molecule is Cc1cc(F)ccc1CC1(CBr)CCCCC1. The van der Waals surface area contributed by atoms with Crippen molar-refractivity contribution in [3.05, 3.63) is 35.1 Å². The molecule has 2 heteroatoms. The molecule has 94 valence electrons. The zero-order valence-corrected chi connectivity index (χ0v) is 12.0. The van der Waals surface area contributed by atoms with Crippen molar-refractivity contribution in [3.63, 3.8) is 0 Å². The van der Waals surface area contributed by atoms with Crippen LogP contribution in [0.1, 0.15) is 43.2 Å². The van der Waals surface area contributed by atoms with Crippen molar-refractivity contribution in [3.8, 4) is 0 Å². The monoisotopic (exact) mass is 298 g/mol. The highest BCUT2D eigenvalue weighted by Crippen LogP contribution is 2.41. The summed E-state index contributed by atoms with van der Waals surface area (Å²) in [6.07, 6.45) is 7.74. The Balaban J connectivity index is 2.17. The number of hydrogen-bond donors (Lipinski definition) is 0. The van der Waals surface area contributed by atoms with Crippen LogP contribution < -0.4 is 0 Å². The molecule has 0 aromatic heterocycles. The van der Waals surface area contributed by atoms with E-state index in [9.17, 15) is 4.39 Å². The Morgan fingerprint density at radius 3 is 2.53 bits per heavy atom. The molecule has 0 atom stereocenters. The van der Waals surface area contributed by atoms with Gasteiger partial charge in [-0.25, -0.2) is 4.39 Å². The molecule has 0 heterocycles. The maximum Gasteiger partial charge on any atom is 0.123 e. The highest BCUT2D eigenvalue weighted by molar-refractivity contribution is 9.09. The van der Waals surface area contributed by atoms with E-state index in [4.69, 9.17) is 0 Å². The van der Waals surface area contributed by atoms with Gasteiger partial charge in [0, 0.05) is 5.33 Å². The third-order valence-corrected chi connectivity index (χ3v) is 5.26. The van der Waals surface area contributed by atoms with E-state index in [1.165, 1.54) is 37.7 Å². The summed E-state index contributed by atoms with van der Waals surface area (Å²) in [5.41, 5.74) is 2.81. The van der Waals surface area contributed by atoms with Crippen molar-refractivity contribution in [1.29, 1.82) is 0 Å². The van der Waals surface area contributed by atoms with Crippen molar-refractivity contribution in [2.24, 2.45) is 5.41 Å². The fourth-order valence-electron chi connectivity index (χ4n) is 2.92. The number of aryl methyl sites for hydroxylation is 1. The van der Waals surface area contributed by atoms with Crippen molar-refractivity contribution in [1.82, 2.24) is 0 Å². The normalized spacial score (nSPS) is 19.2. The van der Waals surface area contributed by atoms with Gasteiger partial charge in [0.05, 0.1) is 0 Å². The van der Waals surface area contributed by atoms with E-state index in [-0.39, 0.29) is 5.82 Å². The molecule has 1 saturated carbocycles. The smallest absolute Gasteiger partial charge is 0.123 e. The fourth-order valence-corrected chi connectivity index (χ4v) is 3.68. The van der Waals surface area contributed by atoms with Gasteiger partial charge < -0.3 is 0 Å². The van der Waals surface area contributed by atoms with Gasteiger partial charge in [-0.05, 0) is 54.9 Å². The first-order valence-electron chi connectivity index (χ1n) is 6.46. The zero-order chi connectivity index (χ0) is 12.3. The van der Waals surface area contributed by atoms with Crippen LogP contribution >= 0.6 is 15.9 Å². The molecular formula is C15H20BrF. The molecule has 1 aromatic rings. The molecule has 0 aliphatic heterocycles. The van der Waals surface area contributed by atoms with Gasteiger partial charge in [0.25, 0.3) is 0 Å². The average Bonchev–Trinajstić information content (AvgIpc) is 2.34. The lowest BCUT2D eigenvalue weighted by atomic mass is 9.71. The van der Waals surface area contributed by atoms with Crippen LogP contribution in [0, 0.1) is 18.2 Å². The van der Waals surface area contributed by atoms with Crippen LogP contribution in [0.25, 0.3) is 0 Å². The second-order valence-corrected chi connectivity index (χ2v) is 6.00. The second-order valence-electron chi connectivity index (χ2n) is 5.44. The van der Waals surface area contributed by atoms with Crippen molar-refractivity contribution < 1.29 is 4.39 Å². The average molecular weight is 299 g/mol. The standard InChI is InChI=1S/C15H20BrF/c1-12-9-14(17)6-5-13(12)10-15(11-16)7-3-2-4-8-15/h5-6,9H,2-4,7-8,10-11H2,1H3. The largest absolute Gasteiger partial charge is 0.207 e. The number of benzene rings is 1. The van der Waals surface area contributed by atoms with Crippen LogP contribution in [0.3, 0.4) is 0 Å². The van der Waals surface area contributed by atoms with E-state index in [0.29, 0.717) is 5.41 Å². The Morgan fingerprint density at radius 1 is 1.24 bits per heavy atom. The lowest BCUT2D eigenvalue weighted by molar-refractivity contribution is 0.223. The third-order valence-electron chi connectivity index (χ3n) is 4.07. The van der Waals surface area contributed by atoms with E-state index in [1.807, 2.05) is 13.0 Å². The summed E-state index contributed by atoms with van der Waals surface area (Å²) in [5, 5.41) is 1.07. The molecule has 0 bridgehead atoms. The summed E-state index contributed by atoms with van der Waals surface area (Å²) < 4.78 is 13.1. The fraction of sp³-hybridized carbons (Fsp3) is 0.600. The summed E-state index contributed by atoms with van der Waals surface area (Å²) in [6.45, 7) is 2.02. The Morgan fingerprint density at radius 2 is 1.94 bits per heavy atom. The molecule has 1 aromatic carbocycles. The lowest BCUT2D eigenvalue weighted by Gasteiger charge is -2.36. The van der Waals surface area contributed by atoms with Crippen LogP contribution in [0.4, 0.5) is 4.39 Å². The minimum Gasteiger partial charge on any atom is -0.207 e. The summed E-state index contributed by atoms with van der Waals surface area (Å²) in [6, 6.07) is 5.21. The van der Waals surface area contributed by atoms with Crippen LogP contribution in [-0.2, 0) is 6.42 Å². The van der Waals surface area contributed by atoms with Crippen LogP contribution in [0.5, 0.6) is 0 Å². The van der Waals surface area contributed by atoms with E-state index >= 15 is 0 Å². The first kappa shape index (κ1) is 13.1. The van der Waals surface area contributed by atoms with Crippen LogP contribution in [-0.4, -0.2) is 5.33 Å². The van der Waals surface area contributed by atoms with Crippen LogP contribution in [0.15, 0.2) is 18.2 Å². The predicted molar refractivity (Wildman–Crippen MR) is 74.2 cm³/mol. The molecule has 2 rings (SSSR count). The van der Waals surface area contributed by atoms with Gasteiger partial charge in [-0.15, -0.1) is 0 Å². The van der Waals surface area contributed by atoms with E-state index < -0.39 is 0 Å². The first-order chi connectivity index (χ1) is 8.15. The molecule has 0 saturated heterocycles. The molecular weight excluding hydrogens is 279 g/mol. The van der Waals surface area contributed by atoms with Gasteiger partial charge in [0.15, 0.2) is 0 Å². The maximum absolute atomic E-state index is 13.1. The second kappa shape index (κ2) is 5.51. The molecule has 0 spiro atoms. The molecule has 0 amide bonds. The van der Waals surface area contributed by atoms with Crippen LogP contribution in [0.2, 0.25) is 0 Å². The minimum atomic E-state index is -0.122. The number of rotatable bonds is 3. The number of hydrogen-bond acceptors (Lipinski definition) is 0. The Labute approximate surface area is 112 Å². The minimum absolute atomic E-state index is 0.122. The lowest BCUT2D eigenvalue weighted by Crippen LogP contribution is -2.28. The Bertz CT molecular complexity index is 381. The molecule has 0 unspecified atom stereocenters. The molecule has 17 heavy (non-hydrogen) atoms. The molecule has 1 aliphatic carbocycles. The Kier molecular flexibility index (Phi) is 4.24. The maximum atomic E-state index is 13.1. The third kappa shape index (κ3) is 3.09. The highest BCUT2D eigenvalue weighted by Gasteiger charge is 2.31. The molecule has 0 nitrogen and oxygen atoms in total. The summed E-state index contributed by atoms with van der Waals surface area (Å²) in [4.78, 5) is 0. The van der Waals surface area contributed by atoms with Gasteiger partial charge in [0.2, 0.25) is 0 Å². The molecule has 1 fully saturated rings. The zero-order valence-electron chi connectivity index (χ0n) is 10.4. The Hall–Kier alpha value is -0.370. The molecule has 0 N–H and O–H groups in total. The molecule has 1 aliphatic rings. The summed E-state index contributed by atoms with van der Waals surface area (Å²) >= 11 is 3.69. The summed E-state index contributed by atoms with van der Waals surface area (Å²) in [7, 11) is 0. The van der Waals surface area contributed by atoms with Gasteiger partial charge in [-0.2, -0.15) is 0 Å². The van der Waals surface area contributed by atoms with Gasteiger partial charge in [0.1, 0.15) is 5.82 Å². The number of alkyl halides is 1. The van der Waals surface area contributed by atoms with Crippen molar-refractivity contribution in [2.45, 2.75) is 45.4 Å². The van der Waals surface area contributed by atoms with E-state index in [1.54, 1.807) is 12.1 Å². The first-order valence-corrected chi connectivity index (χ1v) is 7.58. The van der Waals surface area contributed by atoms with E-state index in [0.717, 1.165) is 17.3 Å². The highest BCUT2D eigenvalue weighted by atomic mass is 79.9. The van der Waals surface area contributed by atoms with Crippen molar-refractivity contribution in [2.75, 3.05) is 5.33 Å². The number of halogens is 2. The van der Waals surface area contributed by atoms with Gasteiger partial charge >= 0.3 is 0 Å².